The molecular formula is C14H12N2S2. The van der Waals surface area contributed by atoms with Crippen LogP contribution in [0.15, 0.2) is 47.3 Å². The molecule has 0 bridgehead atoms. The van der Waals surface area contributed by atoms with E-state index in [0.29, 0.717) is 5.56 Å². The van der Waals surface area contributed by atoms with E-state index in [0.717, 1.165) is 27.8 Å². The molecule has 0 saturated carbocycles. The van der Waals surface area contributed by atoms with Crippen LogP contribution in [0.5, 0.6) is 0 Å². The normalized spacial score (nSPS) is 9.94. The lowest BCUT2D eigenvalue weighted by Gasteiger charge is -2.04. The Labute approximate surface area is 115 Å². The molecule has 2 aromatic heterocycles. The molecule has 2 heterocycles. The average molecular weight is 272 g/mol. The number of pyridine rings is 1. The minimum atomic E-state index is 0.643. The van der Waals surface area contributed by atoms with Crippen molar-refractivity contribution in [2.24, 2.45) is 0 Å². The van der Waals surface area contributed by atoms with E-state index in [9.17, 15) is 0 Å². The third kappa shape index (κ3) is 3.00. The zero-order valence-electron chi connectivity index (χ0n) is 9.80. The number of aromatic nitrogens is 1. The van der Waals surface area contributed by atoms with Crippen LogP contribution in [0.3, 0.4) is 0 Å². The third-order valence-electron chi connectivity index (χ3n) is 2.32. The zero-order valence-corrected chi connectivity index (χ0v) is 11.4. The maximum Gasteiger partial charge on any atom is 0.115 e. The minimum absolute atomic E-state index is 0.643. The highest BCUT2D eigenvalue weighted by molar-refractivity contribution is 7.99. The van der Waals surface area contributed by atoms with Crippen molar-refractivity contribution in [2.45, 2.75) is 11.4 Å². The number of nitrogens with zero attached hydrogens (tertiary/aromatic N) is 2. The standard InChI is InChI=1S/C14H12N2S2/c1-2-3-8-18-14-11(10-15)6-7-12(16-14)13-5-4-9-17-13/h2,4-7,9H,1,3,8H2. The van der Waals surface area contributed by atoms with Crippen LogP contribution in [0, 0.1) is 11.3 Å². The van der Waals surface area contributed by atoms with Crippen LogP contribution >= 0.6 is 23.1 Å². The Balaban J connectivity index is 2.28. The van der Waals surface area contributed by atoms with Crippen molar-refractivity contribution in [3.8, 4) is 16.6 Å². The Morgan fingerprint density at radius 3 is 3.00 bits per heavy atom. The predicted octanol–water partition coefficient (Wildman–Crippen LogP) is 4.35. The molecule has 0 unspecified atom stereocenters. The number of allylic oxidation sites excluding steroid dienone is 1. The molecule has 90 valence electrons. The fourth-order valence-electron chi connectivity index (χ4n) is 1.44. The fraction of sp³-hybridized carbons (Fsp3) is 0.143. The van der Waals surface area contributed by atoms with Crippen molar-refractivity contribution in [1.29, 1.82) is 5.26 Å². The Bertz CT molecular complexity index is 568. The highest BCUT2D eigenvalue weighted by Gasteiger charge is 2.08. The summed E-state index contributed by atoms with van der Waals surface area (Å²) in [6, 6.07) is 9.98. The maximum absolute atomic E-state index is 9.08. The van der Waals surface area contributed by atoms with Gasteiger partial charge in [0, 0.05) is 5.75 Å². The van der Waals surface area contributed by atoms with Gasteiger partial charge in [-0.2, -0.15) is 5.26 Å². The van der Waals surface area contributed by atoms with E-state index in [-0.39, 0.29) is 0 Å². The molecule has 0 spiro atoms. The zero-order chi connectivity index (χ0) is 12.8. The van der Waals surface area contributed by atoms with E-state index >= 15 is 0 Å². The molecule has 0 N–H and O–H groups in total. The van der Waals surface area contributed by atoms with E-state index in [1.165, 1.54) is 0 Å². The SMILES string of the molecule is C=CCCSc1nc(-c2cccs2)ccc1C#N. The van der Waals surface area contributed by atoms with Crippen molar-refractivity contribution in [3.05, 3.63) is 47.9 Å². The minimum Gasteiger partial charge on any atom is -0.239 e. The second-order valence-electron chi connectivity index (χ2n) is 3.56. The number of thioether (sulfide) groups is 1. The molecule has 18 heavy (non-hydrogen) atoms. The molecule has 0 fully saturated rings. The molecule has 0 amide bonds. The molecule has 0 aromatic carbocycles. The molecule has 0 aliphatic heterocycles. The molecule has 0 atom stereocenters. The summed E-state index contributed by atoms with van der Waals surface area (Å²) in [5.41, 5.74) is 1.58. The molecule has 2 aromatic rings. The van der Waals surface area contributed by atoms with Crippen molar-refractivity contribution >= 4 is 23.1 Å². The summed E-state index contributed by atoms with van der Waals surface area (Å²) in [4.78, 5) is 5.70. The molecule has 0 radical (unpaired) electrons. The van der Waals surface area contributed by atoms with Crippen LogP contribution in [0.4, 0.5) is 0 Å². The molecule has 0 saturated heterocycles. The van der Waals surface area contributed by atoms with Gasteiger partial charge in [0.25, 0.3) is 0 Å². The molecule has 4 heteroatoms. The molecule has 0 aliphatic carbocycles. The summed E-state index contributed by atoms with van der Waals surface area (Å²) in [5.74, 6) is 0.902. The summed E-state index contributed by atoms with van der Waals surface area (Å²) in [6.07, 6.45) is 2.79. The molecule has 2 nitrogen and oxygen atoms in total. The monoisotopic (exact) mass is 272 g/mol. The van der Waals surface area contributed by atoms with E-state index < -0.39 is 0 Å². The lowest BCUT2D eigenvalue weighted by molar-refractivity contribution is 1.11. The van der Waals surface area contributed by atoms with Gasteiger partial charge < -0.3 is 0 Å². The first-order valence-corrected chi connectivity index (χ1v) is 7.40. The number of thiophene rings is 1. The van der Waals surface area contributed by atoms with Gasteiger partial charge in [-0.1, -0.05) is 12.1 Å². The van der Waals surface area contributed by atoms with Crippen LogP contribution in [0.1, 0.15) is 12.0 Å². The summed E-state index contributed by atoms with van der Waals surface area (Å²) in [7, 11) is 0. The Morgan fingerprint density at radius 1 is 1.44 bits per heavy atom. The van der Waals surface area contributed by atoms with Gasteiger partial charge in [0.05, 0.1) is 16.1 Å². The van der Waals surface area contributed by atoms with Crippen LogP contribution < -0.4 is 0 Å². The van der Waals surface area contributed by atoms with Gasteiger partial charge >= 0.3 is 0 Å². The van der Waals surface area contributed by atoms with Crippen molar-refractivity contribution in [2.75, 3.05) is 5.75 Å². The number of hydrogen-bond donors (Lipinski definition) is 0. The van der Waals surface area contributed by atoms with Crippen molar-refractivity contribution in [1.82, 2.24) is 4.98 Å². The van der Waals surface area contributed by atoms with Crippen LogP contribution in [0.25, 0.3) is 10.6 Å². The van der Waals surface area contributed by atoms with Gasteiger partial charge in [-0.3, -0.25) is 0 Å². The number of nitriles is 1. The second-order valence-corrected chi connectivity index (χ2v) is 5.60. The highest BCUT2D eigenvalue weighted by atomic mass is 32.2. The topological polar surface area (TPSA) is 36.7 Å². The van der Waals surface area contributed by atoms with Crippen LogP contribution in [0.2, 0.25) is 0 Å². The van der Waals surface area contributed by atoms with E-state index in [2.05, 4.69) is 17.6 Å². The summed E-state index contributed by atoms with van der Waals surface area (Å²) >= 11 is 3.26. The Kier molecular flexibility index (Phi) is 4.57. The first-order valence-electron chi connectivity index (χ1n) is 5.54. The van der Waals surface area contributed by atoms with E-state index in [1.54, 1.807) is 23.1 Å². The summed E-state index contributed by atoms with van der Waals surface area (Å²) in [6.45, 7) is 3.70. The van der Waals surface area contributed by atoms with Crippen molar-refractivity contribution < 1.29 is 0 Å². The molecule has 2 rings (SSSR count). The first-order chi connectivity index (χ1) is 8.85. The summed E-state index contributed by atoms with van der Waals surface area (Å²) in [5, 5.41) is 11.9. The maximum atomic E-state index is 9.08. The third-order valence-corrected chi connectivity index (χ3v) is 4.23. The lowest BCUT2D eigenvalue weighted by Crippen LogP contribution is -1.90. The largest absolute Gasteiger partial charge is 0.239 e. The van der Waals surface area contributed by atoms with Gasteiger partial charge in [-0.05, 0) is 30.0 Å². The highest BCUT2D eigenvalue weighted by Crippen LogP contribution is 2.28. The van der Waals surface area contributed by atoms with Gasteiger partial charge in [0.1, 0.15) is 11.1 Å². The lowest BCUT2D eigenvalue weighted by atomic mass is 10.2. The Morgan fingerprint density at radius 2 is 2.33 bits per heavy atom. The molecule has 0 aliphatic rings. The average Bonchev–Trinajstić information content (AvgIpc) is 2.93. The quantitative estimate of drug-likeness (QED) is 0.461. The van der Waals surface area contributed by atoms with Gasteiger partial charge in [-0.25, -0.2) is 4.98 Å². The van der Waals surface area contributed by atoms with Crippen molar-refractivity contribution in [3.63, 3.8) is 0 Å². The van der Waals surface area contributed by atoms with Gasteiger partial charge in [0.2, 0.25) is 0 Å². The first kappa shape index (κ1) is 12.9. The number of rotatable bonds is 5. The van der Waals surface area contributed by atoms with Crippen LogP contribution in [-0.2, 0) is 0 Å². The predicted molar refractivity (Wildman–Crippen MR) is 77.8 cm³/mol. The van der Waals surface area contributed by atoms with Gasteiger partial charge in [0.15, 0.2) is 0 Å². The summed E-state index contributed by atoms with van der Waals surface area (Å²) < 4.78 is 0. The molecular weight excluding hydrogens is 260 g/mol. The van der Waals surface area contributed by atoms with Gasteiger partial charge in [-0.15, -0.1) is 29.7 Å². The second kappa shape index (κ2) is 6.39. The smallest absolute Gasteiger partial charge is 0.115 e. The number of hydrogen-bond acceptors (Lipinski definition) is 4. The van der Waals surface area contributed by atoms with E-state index in [1.807, 2.05) is 35.7 Å². The Hall–Kier alpha value is -1.57. The van der Waals surface area contributed by atoms with Crippen LogP contribution in [-0.4, -0.2) is 10.7 Å². The fourth-order valence-corrected chi connectivity index (χ4v) is 3.04. The van der Waals surface area contributed by atoms with E-state index in [4.69, 9.17) is 5.26 Å².